The number of fused-ring (bicyclic) bond motifs is 1. The molecule has 5 rings (SSSR count). The molecule has 3 aliphatic rings. The Morgan fingerprint density at radius 2 is 2.09 bits per heavy atom. The summed E-state index contributed by atoms with van der Waals surface area (Å²) in [6.45, 7) is 5.77. The lowest BCUT2D eigenvalue weighted by molar-refractivity contribution is -0.125. The van der Waals surface area contributed by atoms with Crippen LogP contribution in [-0.2, 0) is 38.4 Å². The van der Waals surface area contributed by atoms with Gasteiger partial charge in [-0.25, -0.2) is 4.21 Å². The molecule has 2 N–H and O–H groups in total. The van der Waals surface area contributed by atoms with E-state index in [1.54, 1.807) is 0 Å². The summed E-state index contributed by atoms with van der Waals surface area (Å²) in [7, 11) is -1.27. The van der Waals surface area contributed by atoms with Gasteiger partial charge in [0.1, 0.15) is 11.0 Å². The number of nitrogens with one attached hydrogen (secondary N) is 2. The number of morpholine rings is 1. The van der Waals surface area contributed by atoms with E-state index >= 15 is 0 Å². The Morgan fingerprint density at radius 3 is 2.88 bits per heavy atom. The minimum absolute atomic E-state index is 0.0950. The lowest BCUT2D eigenvalue weighted by atomic mass is 10.0. The monoisotopic (exact) mass is 454 g/mol. The largest absolute Gasteiger partial charge is 0.376 e. The second kappa shape index (κ2) is 8.65. The SMILES string of the molecule is CC1CN(Cc2c[nH]c(C=C3C(=O)Nc4ccc(CN5C(=O)CCS5=O)cc43)c2)CCO1. The molecule has 1 aromatic carbocycles. The second-order valence-electron chi connectivity index (χ2n) is 8.48. The molecule has 2 saturated heterocycles. The van der Waals surface area contributed by atoms with E-state index in [4.69, 9.17) is 4.74 Å². The third kappa shape index (κ3) is 4.28. The zero-order valence-corrected chi connectivity index (χ0v) is 18.7. The Morgan fingerprint density at radius 1 is 1.22 bits per heavy atom. The van der Waals surface area contributed by atoms with Gasteiger partial charge in [-0.3, -0.25) is 18.8 Å². The van der Waals surface area contributed by atoms with E-state index in [1.165, 1.54) is 4.31 Å². The number of carbonyl (C=O) groups is 2. The van der Waals surface area contributed by atoms with Crippen LogP contribution < -0.4 is 5.32 Å². The third-order valence-electron chi connectivity index (χ3n) is 6.00. The van der Waals surface area contributed by atoms with Crippen LogP contribution in [0.2, 0.25) is 0 Å². The maximum absolute atomic E-state index is 12.6. The Bertz CT molecular complexity index is 1110. The van der Waals surface area contributed by atoms with E-state index in [0.29, 0.717) is 17.7 Å². The summed E-state index contributed by atoms with van der Waals surface area (Å²) in [6.07, 6.45) is 4.40. The number of aromatic nitrogens is 1. The van der Waals surface area contributed by atoms with Gasteiger partial charge in [0.05, 0.1) is 30.6 Å². The van der Waals surface area contributed by atoms with Crippen LogP contribution in [-0.4, -0.2) is 61.8 Å². The van der Waals surface area contributed by atoms with Crippen LogP contribution in [0.15, 0.2) is 30.5 Å². The number of carbonyl (C=O) groups excluding carboxylic acids is 2. The van der Waals surface area contributed by atoms with Crippen molar-refractivity contribution in [2.24, 2.45) is 0 Å². The quantitative estimate of drug-likeness (QED) is 0.675. The summed E-state index contributed by atoms with van der Waals surface area (Å²) in [5.74, 6) is 0.131. The van der Waals surface area contributed by atoms with Crippen LogP contribution >= 0.6 is 0 Å². The molecule has 2 amide bonds. The van der Waals surface area contributed by atoms with Crippen molar-refractivity contribution in [1.29, 1.82) is 0 Å². The van der Waals surface area contributed by atoms with Crippen LogP contribution in [0.3, 0.4) is 0 Å². The molecule has 0 radical (unpaired) electrons. The Balaban J connectivity index is 1.35. The minimum atomic E-state index is -1.27. The fraction of sp³-hybridized carbons (Fsp3) is 0.391. The number of hydrogen-bond acceptors (Lipinski definition) is 5. The highest BCUT2D eigenvalue weighted by Crippen LogP contribution is 2.34. The van der Waals surface area contributed by atoms with Crippen LogP contribution in [0.25, 0.3) is 11.6 Å². The van der Waals surface area contributed by atoms with Crippen molar-refractivity contribution in [2.75, 3.05) is 30.8 Å². The Kier molecular flexibility index (Phi) is 5.71. The van der Waals surface area contributed by atoms with E-state index in [0.717, 1.165) is 54.3 Å². The summed E-state index contributed by atoms with van der Waals surface area (Å²) in [5.41, 5.74) is 4.98. The van der Waals surface area contributed by atoms with Crippen molar-refractivity contribution in [3.8, 4) is 0 Å². The summed E-state index contributed by atoms with van der Waals surface area (Å²) in [4.78, 5) is 30.2. The number of benzene rings is 1. The van der Waals surface area contributed by atoms with Gasteiger partial charge in [-0.2, -0.15) is 0 Å². The topological polar surface area (TPSA) is 94.7 Å². The Hall–Kier alpha value is -2.75. The molecule has 2 fully saturated rings. The van der Waals surface area contributed by atoms with Gasteiger partial charge in [-0.15, -0.1) is 0 Å². The fourth-order valence-electron chi connectivity index (χ4n) is 4.41. The molecule has 168 valence electrons. The number of H-pyrrole nitrogens is 1. The first-order valence-electron chi connectivity index (χ1n) is 10.8. The van der Waals surface area contributed by atoms with Gasteiger partial charge in [0.2, 0.25) is 5.91 Å². The number of aromatic amines is 1. The summed E-state index contributed by atoms with van der Waals surface area (Å²) in [6, 6.07) is 7.67. The van der Waals surface area contributed by atoms with Crippen molar-refractivity contribution >= 4 is 40.1 Å². The Labute approximate surface area is 189 Å². The average Bonchev–Trinajstić information content (AvgIpc) is 3.43. The minimum Gasteiger partial charge on any atom is -0.376 e. The maximum atomic E-state index is 12.6. The van der Waals surface area contributed by atoms with Crippen molar-refractivity contribution in [2.45, 2.75) is 32.5 Å². The zero-order valence-electron chi connectivity index (χ0n) is 17.9. The number of ether oxygens (including phenoxy) is 1. The highest BCUT2D eigenvalue weighted by Gasteiger charge is 2.29. The van der Waals surface area contributed by atoms with Crippen LogP contribution in [0.1, 0.15) is 35.7 Å². The van der Waals surface area contributed by atoms with Crippen LogP contribution in [0.5, 0.6) is 0 Å². The van der Waals surface area contributed by atoms with Gasteiger partial charge >= 0.3 is 0 Å². The molecule has 4 heterocycles. The van der Waals surface area contributed by atoms with Crippen LogP contribution in [0, 0.1) is 0 Å². The van der Waals surface area contributed by atoms with Gasteiger partial charge in [-0.05, 0) is 42.3 Å². The molecule has 8 nitrogen and oxygen atoms in total. The number of rotatable bonds is 5. The van der Waals surface area contributed by atoms with E-state index < -0.39 is 11.0 Å². The molecular formula is C23H26N4O4S. The van der Waals surface area contributed by atoms with Gasteiger partial charge in [0.15, 0.2) is 0 Å². The average molecular weight is 455 g/mol. The predicted octanol–water partition coefficient (Wildman–Crippen LogP) is 2.12. The molecule has 0 spiro atoms. The number of hydrogen-bond donors (Lipinski definition) is 2. The molecular weight excluding hydrogens is 428 g/mol. The van der Waals surface area contributed by atoms with E-state index in [2.05, 4.69) is 28.2 Å². The van der Waals surface area contributed by atoms with E-state index in [1.807, 2.05) is 30.5 Å². The summed E-state index contributed by atoms with van der Waals surface area (Å²) in [5, 5.41) is 2.90. The highest BCUT2D eigenvalue weighted by atomic mass is 32.2. The molecule has 0 aliphatic carbocycles. The van der Waals surface area contributed by atoms with Gasteiger partial charge < -0.3 is 15.0 Å². The molecule has 32 heavy (non-hydrogen) atoms. The number of nitrogens with zero attached hydrogens (tertiary/aromatic N) is 2. The highest BCUT2D eigenvalue weighted by molar-refractivity contribution is 7.83. The van der Waals surface area contributed by atoms with Crippen LogP contribution in [0.4, 0.5) is 5.69 Å². The molecule has 1 aromatic heterocycles. The molecule has 9 heteroatoms. The normalized spacial score (nSPS) is 24.9. The van der Waals surface area contributed by atoms with Gasteiger partial charge in [0.25, 0.3) is 5.91 Å². The lowest BCUT2D eigenvalue weighted by Gasteiger charge is -2.30. The van der Waals surface area contributed by atoms with E-state index in [9.17, 15) is 13.8 Å². The number of anilines is 1. The van der Waals surface area contributed by atoms with Crippen molar-refractivity contribution in [3.05, 3.63) is 52.8 Å². The van der Waals surface area contributed by atoms with Gasteiger partial charge in [-0.1, -0.05) is 6.07 Å². The van der Waals surface area contributed by atoms with Gasteiger partial charge in [0, 0.05) is 49.2 Å². The second-order valence-corrected chi connectivity index (χ2v) is 9.97. The molecule has 0 bridgehead atoms. The summed E-state index contributed by atoms with van der Waals surface area (Å²) < 4.78 is 19.1. The first-order valence-corrected chi connectivity index (χ1v) is 12.1. The number of amides is 2. The van der Waals surface area contributed by atoms with Crippen molar-refractivity contribution < 1.29 is 18.5 Å². The van der Waals surface area contributed by atoms with E-state index in [-0.39, 0.29) is 24.5 Å². The summed E-state index contributed by atoms with van der Waals surface area (Å²) >= 11 is 0. The molecule has 2 atom stereocenters. The molecule has 2 aromatic rings. The maximum Gasteiger partial charge on any atom is 0.256 e. The molecule has 3 aliphatic heterocycles. The van der Waals surface area contributed by atoms with Crippen molar-refractivity contribution in [3.63, 3.8) is 0 Å². The zero-order chi connectivity index (χ0) is 22.2. The molecule has 0 saturated carbocycles. The fourth-order valence-corrected chi connectivity index (χ4v) is 5.59. The predicted molar refractivity (Wildman–Crippen MR) is 123 cm³/mol. The smallest absolute Gasteiger partial charge is 0.256 e. The third-order valence-corrected chi connectivity index (χ3v) is 7.38. The lowest BCUT2D eigenvalue weighted by Crippen LogP contribution is -2.40. The molecule has 2 unspecified atom stereocenters. The standard InChI is InChI=1S/C23H26N4O4S/c1-15-12-26(5-6-31-15)13-17-8-18(24-11-17)10-20-19-9-16(2-3-21(19)25-23(20)29)14-27-22(28)4-7-32(27)30/h2-3,8-11,15,24H,4-7,12-14H2,1H3,(H,25,29). The van der Waals surface area contributed by atoms with Crippen molar-refractivity contribution in [1.82, 2.24) is 14.2 Å². The first kappa shape index (κ1) is 21.1. The first-order chi connectivity index (χ1) is 15.5.